The highest BCUT2D eigenvalue weighted by molar-refractivity contribution is 5.95. The quantitative estimate of drug-likeness (QED) is 0.635. The first-order valence-electron chi connectivity index (χ1n) is 8.96. The number of aliphatic imine (C=N–C) groups is 1. The molecule has 0 aliphatic carbocycles. The summed E-state index contributed by atoms with van der Waals surface area (Å²) in [7, 11) is 0. The Kier molecular flexibility index (Phi) is 4.62. The van der Waals surface area contributed by atoms with Crippen LogP contribution in [0.2, 0.25) is 0 Å². The SMILES string of the molecule is CC1=CC(=NCCN2CCOCC2)NC(N)(c2nc3ccccc3[nH]2)N1. The molecule has 0 saturated carbocycles. The minimum Gasteiger partial charge on any atom is -0.379 e. The predicted molar refractivity (Wildman–Crippen MR) is 102 cm³/mol. The van der Waals surface area contributed by atoms with E-state index in [0.717, 1.165) is 55.4 Å². The zero-order valence-electron chi connectivity index (χ0n) is 15.0. The predicted octanol–water partition coefficient (Wildman–Crippen LogP) is 0.459. The van der Waals surface area contributed by atoms with Gasteiger partial charge in [-0.3, -0.25) is 15.6 Å². The highest BCUT2D eigenvalue weighted by Gasteiger charge is 2.34. The van der Waals surface area contributed by atoms with Crippen molar-refractivity contribution in [2.75, 3.05) is 39.4 Å². The van der Waals surface area contributed by atoms with E-state index in [0.29, 0.717) is 12.4 Å². The first-order valence-corrected chi connectivity index (χ1v) is 8.96. The summed E-state index contributed by atoms with van der Waals surface area (Å²) in [6.45, 7) is 7.14. The molecule has 1 aromatic carbocycles. The molecular weight excluding hydrogens is 330 g/mol. The van der Waals surface area contributed by atoms with Crippen LogP contribution in [0.1, 0.15) is 12.7 Å². The van der Waals surface area contributed by atoms with Gasteiger partial charge in [0.25, 0.3) is 0 Å². The van der Waals surface area contributed by atoms with Crippen LogP contribution in [0.4, 0.5) is 0 Å². The van der Waals surface area contributed by atoms with E-state index in [4.69, 9.17) is 10.5 Å². The van der Waals surface area contributed by atoms with Crippen molar-refractivity contribution in [1.82, 2.24) is 25.5 Å². The molecule has 2 aliphatic rings. The van der Waals surface area contributed by atoms with Crippen molar-refractivity contribution in [2.24, 2.45) is 10.7 Å². The van der Waals surface area contributed by atoms with Gasteiger partial charge >= 0.3 is 0 Å². The fraction of sp³-hybridized carbons (Fsp3) is 0.444. The van der Waals surface area contributed by atoms with E-state index >= 15 is 0 Å². The van der Waals surface area contributed by atoms with Gasteiger partial charge in [-0.1, -0.05) is 12.1 Å². The van der Waals surface area contributed by atoms with Crippen molar-refractivity contribution < 1.29 is 4.74 Å². The van der Waals surface area contributed by atoms with E-state index in [1.165, 1.54) is 0 Å². The average Bonchev–Trinajstić information content (AvgIpc) is 3.07. The standard InChI is InChI=1S/C18H25N7O/c1-13-12-16(20-6-7-25-8-10-26-11-9-25)24-18(19,23-13)17-21-14-4-2-3-5-15(14)22-17/h2-5,12,23H,6-11,19H2,1H3,(H,20,24)(H,21,22). The Morgan fingerprint density at radius 1 is 1.27 bits per heavy atom. The minimum atomic E-state index is -1.02. The molecule has 1 fully saturated rings. The molecule has 3 heterocycles. The second-order valence-electron chi connectivity index (χ2n) is 6.71. The number of amidine groups is 1. The summed E-state index contributed by atoms with van der Waals surface area (Å²) in [5, 5.41) is 6.54. The fourth-order valence-electron chi connectivity index (χ4n) is 3.30. The van der Waals surface area contributed by atoms with Crippen LogP contribution in [0, 0.1) is 0 Å². The molecule has 8 heteroatoms. The Morgan fingerprint density at radius 3 is 2.88 bits per heavy atom. The number of aromatic amines is 1. The third kappa shape index (κ3) is 3.57. The number of ether oxygens (including phenoxy) is 1. The molecule has 8 nitrogen and oxygen atoms in total. The maximum Gasteiger partial charge on any atom is 0.223 e. The van der Waals surface area contributed by atoms with Crippen LogP contribution in [0.15, 0.2) is 41.0 Å². The Labute approximate surface area is 152 Å². The second kappa shape index (κ2) is 7.06. The van der Waals surface area contributed by atoms with Crippen molar-refractivity contribution in [2.45, 2.75) is 12.7 Å². The lowest BCUT2D eigenvalue weighted by molar-refractivity contribution is 0.0394. The Bertz CT molecular complexity index is 804. The van der Waals surface area contributed by atoms with Gasteiger partial charge in [0, 0.05) is 25.3 Å². The van der Waals surface area contributed by atoms with Crippen LogP contribution < -0.4 is 16.4 Å². The van der Waals surface area contributed by atoms with Crippen molar-refractivity contribution in [1.29, 1.82) is 0 Å². The molecule has 5 N–H and O–H groups in total. The van der Waals surface area contributed by atoms with Crippen LogP contribution in [-0.2, 0) is 10.5 Å². The lowest BCUT2D eigenvalue weighted by atomic mass is 10.2. The van der Waals surface area contributed by atoms with Crippen molar-refractivity contribution in [3.63, 3.8) is 0 Å². The molecular formula is C18H25N7O. The highest BCUT2D eigenvalue weighted by Crippen LogP contribution is 2.19. The van der Waals surface area contributed by atoms with Crippen LogP contribution in [0.3, 0.4) is 0 Å². The van der Waals surface area contributed by atoms with E-state index < -0.39 is 5.79 Å². The van der Waals surface area contributed by atoms with E-state index in [-0.39, 0.29) is 0 Å². The van der Waals surface area contributed by atoms with E-state index in [2.05, 4.69) is 30.5 Å². The summed E-state index contributed by atoms with van der Waals surface area (Å²) in [5.74, 6) is 0.375. The number of nitrogens with zero attached hydrogens (tertiary/aromatic N) is 3. The summed E-state index contributed by atoms with van der Waals surface area (Å²) >= 11 is 0. The molecule has 2 aliphatic heterocycles. The molecule has 4 rings (SSSR count). The molecule has 1 saturated heterocycles. The average molecular weight is 355 g/mol. The number of nitrogens with one attached hydrogen (secondary N) is 3. The zero-order valence-corrected chi connectivity index (χ0v) is 15.0. The Morgan fingerprint density at radius 2 is 2.08 bits per heavy atom. The molecule has 0 radical (unpaired) electrons. The first kappa shape index (κ1) is 17.0. The summed E-state index contributed by atoms with van der Waals surface area (Å²) in [4.78, 5) is 15.0. The summed E-state index contributed by atoms with van der Waals surface area (Å²) in [5.41, 5.74) is 9.35. The molecule has 26 heavy (non-hydrogen) atoms. The normalized spacial score (nSPS) is 25.8. The number of H-pyrrole nitrogens is 1. The van der Waals surface area contributed by atoms with Crippen molar-refractivity contribution in [3.05, 3.63) is 41.9 Å². The number of rotatable bonds is 4. The van der Waals surface area contributed by atoms with Gasteiger partial charge in [-0.2, -0.15) is 0 Å². The number of fused-ring (bicyclic) bond motifs is 1. The number of allylic oxidation sites excluding steroid dienone is 1. The van der Waals surface area contributed by atoms with Crippen LogP contribution in [0.25, 0.3) is 11.0 Å². The number of aromatic nitrogens is 2. The Balaban J connectivity index is 1.49. The highest BCUT2D eigenvalue weighted by atomic mass is 16.5. The Hall–Kier alpha value is -2.42. The van der Waals surface area contributed by atoms with Crippen LogP contribution >= 0.6 is 0 Å². The van der Waals surface area contributed by atoms with Crippen LogP contribution in [-0.4, -0.2) is 60.1 Å². The van der Waals surface area contributed by atoms with Gasteiger partial charge in [-0.05, 0) is 25.1 Å². The number of benzene rings is 1. The topological polar surface area (TPSA) is 104 Å². The number of morpholine rings is 1. The van der Waals surface area contributed by atoms with E-state index in [9.17, 15) is 0 Å². The summed E-state index contributed by atoms with van der Waals surface area (Å²) in [6.07, 6.45) is 1.97. The molecule has 0 spiro atoms. The van der Waals surface area contributed by atoms with Gasteiger partial charge in [0.2, 0.25) is 5.79 Å². The number of nitrogens with two attached hydrogens (primary N) is 1. The van der Waals surface area contributed by atoms with Crippen molar-refractivity contribution in [3.8, 4) is 0 Å². The second-order valence-corrected chi connectivity index (χ2v) is 6.71. The lowest BCUT2D eigenvalue weighted by Crippen LogP contribution is -2.64. The number of hydrogen-bond donors (Lipinski definition) is 4. The lowest BCUT2D eigenvalue weighted by Gasteiger charge is -2.35. The van der Waals surface area contributed by atoms with Gasteiger partial charge in [-0.15, -0.1) is 0 Å². The van der Waals surface area contributed by atoms with Gasteiger partial charge in [0.15, 0.2) is 5.82 Å². The van der Waals surface area contributed by atoms with Gasteiger partial charge < -0.3 is 20.4 Å². The van der Waals surface area contributed by atoms with Crippen molar-refractivity contribution >= 4 is 16.9 Å². The molecule has 1 aromatic heterocycles. The number of hydrogen-bond acceptors (Lipinski definition) is 6. The summed E-state index contributed by atoms with van der Waals surface area (Å²) in [6, 6.07) is 7.88. The number of para-hydroxylation sites is 2. The van der Waals surface area contributed by atoms with Crippen LogP contribution in [0.5, 0.6) is 0 Å². The van der Waals surface area contributed by atoms with Gasteiger partial charge in [-0.25, -0.2) is 4.98 Å². The molecule has 0 amide bonds. The maximum atomic E-state index is 6.57. The maximum absolute atomic E-state index is 6.57. The van der Waals surface area contributed by atoms with E-state index in [1.807, 2.05) is 37.3 Å². The monoisotopic (exact) mass is 355 g/mol. The zero-order chi connectivity index (χ0) is 18.0. The molecule has 1 unspecified atom stereocenters. The third-order valence-electron chi connectivity index (χ3n) is 4.64. The van der Waals surface area contributed by atoms with Gasteiger partial charge in [0.05, 0.1) is 30.8 Å². The fourth-order valence-corrected chi connectivity index (χ4v) is 3.30. The summed E-state index contributed by atoms with van der Waals surface area (Å²) < 4.78 is 5.38. The third-order valence-corrected chi connectivity index (χ3v) is 4.64. The molecule has 0 bridgehead atoms. The van der Waals surface area contributed by atoms with Gasteiger partial charge in [0.1, 0.15) is 5.84 Å². The number of imidazole rings is 1. The molecule has 1 atom stereocenters. The molecule has 138 valence electrons. The smallest absolute Gasteiger partial charge is 0.223 e. The minimum absolute atomic E-state index is 0.632. The first-order chi connectivity index (χ1) is 12.6. The van der Waals surface area contributed by atoms with E-state index in [1.54, 1.807) is 0 Å². The largest absolute Gasteiger partial charge is 0.379 e. The molecule has 2 aromatic rings.